The first kappa shape index (κ1) is 14.6. The molecule has 0 bridgehead atoms. The molecule has 3 heterocycles. The SMILES string of the molecule is C=C/C(=C\NCCC)c1nc(N2CCC2)c2nccn2c1C. The zero-order valence-corrected chi connectivity index (χ0v) is 13.3. The van der Waals surface area contributed by atoms with Gasteiger partial charge in [0.2, 0.25) is 0 Å². The second kappa shape index (κ2) is 6.22. The van der Waals surface area contributed by atoms with Crippen molar-refractivity contribution in [2.75, 3.05) is 24.5 Å². The molecule has 3 rings (SSSR count). The second-order valence-corrected chi connectivity index (χ2v) is 5.59. The summed E-state index contributed by atoms with van der Waals surface area (Å²) in [6.07, 6.45) is 10.0. The summed E-state index contributed by atoms with van der Waals surface area (Å²) in [6.45, 7) is 11.2. The van der Waals surface area contributed by atoms with Gasteiger partial charge in [0.1, 0.15) is 0 Å². The van der Waals surface area contributed by atoms with Crippen molar-refractivity contribution in [1.82, 2.24) is 19.7 Å². The Morgan fingerprint density at radius 2 is 2.27 bits per heavy atom. The van der Waals surface area contributed by atoms with Gasteiger partial charge >= 0.3 is 0 Å². The molecule has 22 heavy (non-hydrogen) atoms. The number of hydrogen-bond donors (Lipinski definition) is 1. The summed E-state index contributed by atoms with van der Waals surface area (Å²) < 4.78 is 2.12. The molecule has 0 unspecified atom stereocenters. The Labute approximate surface area is 131 Å². The molecule has 2 aromatic rings. The third-order valence-electron chi connectivity index (χ3n) is 4.06. The maximum Gasteiger partial charge on any atom is 0.180 e. The fourth-order valence-electron chi connectivity index (χ4n) is 2.65. The van der Waals surface area contributed by atoms with Crippen molar-refractivity contribution < 1.29 is 0 Å². The Morgan fingerprint density at radius 3 is 2.91 bits per heavy atom. The molecule has 1 saturated heterocycles. The standard InChI is InChI=1S/C17H23N5/c1-4-7-18-12-14(5-2)15-13(3)22-11-8-19-16(22)17(20-15)21-9-6-10-21/h5,8,11-12,18H,2,4,6-7,9-10H2,1,3H3/b14-12+. The fraction of sp³-hybridized carbons (Fsp3) is 0.412. The van der Waals surface area contributed by atoms with E-state index in [1.807, 2.05) is 24.7 Å². The van der Waals surface area contributed by atoms with Crippen LogP contribution in [0.2, 0.25) is 0 Å². The molecule has 0 radical (unpaired) electrons. The van der Waals surface area contributed by atoms with Crippen LogP contribution in [-0.4, -0.2) is 34.0 Å². The van der Waals surface area contributed by atoms with E-state index in [2.05, 4.69) is 40.0 Å². The highest BCUT2D eigenvalue weighted by Gasteiger charge is 2.22. The Morgan fingerprint density at radius 1 is 1.45 bits per heavy atom. The summed E-state index contributed by atoms with van der Waals surface area (Å²) in [6, 6.07) is 0. The van der Waals surface area contributed by atoms with Crippen LogP contribution in [0.1, 0.15) is 31.2 Å². The number of nitrogens with zero attached hydrogens (tertiary/aromatic N) is 4. The summed E-state index contributed by atoms with van der Waals surface area (Å²) >= 11 is 0. The predicted octanol–water partition coefficient (Wildman–Crippen LogP) is 2.77. The van der Waals surface area contributed by atoms with Gasteiger partial charge in [0.15, 0.2) is 11.5 Å². The minimum absolute atomic E-state index is 0.936. The van der Waals surface area contributed by atoms with Crippen LogP contribution >= 0.6 is 0 Å². The number of hydrogen-bond acceptors (Lipinski definition) is 4. The molecular weight excluding hydrogens is 274 g/mol. The molecule has 0 aliphatic carbocycles. The third-order valence-corrected chi connectivity index (χ3v) is 4.06. The van der Waals surface area contributed by atoms with Gasteiger partial charge in [-0.2, -0.15) is 0 Å². The molecule has 2 aromatic heterocycles. The topological polar surface area (TPSA) is 45.5 Å². The molecular formula is C17H23N5. The van der Waals surface area contributed by atoms with Gasteiger partial charge in [-0.1, -0.05) is 19.6 Å². The highest BCUT2D eigenvalue weighted by Crippen LogP contribution is 2.28. The first-order valence-electron chi connectivity index (χ1n) is 7.91. The van der Waals surface area contributed by atoms with E-state index < -0.39 is 0 Å². The van der Waals surface area contributed by atoms with Gasteiger partial charge in [-0.15, -0.1) is 0 Å². The first-order valence-corrected chi connectivity index (χ1v) is 7.91. The maximum atomic E-state index is 4.91. The highest BCUT2D eigenvalue weighted by atomic mass is 15.3. The van der Waals surface area contributed by atoms with Crippen molar-refractivity contribution in [3.8, 4) is 0 Å². The molecule has 0 amide bonds. The van der Waals surface area contributed by atoms with E-state index in [0.29, 0.717) is 0 Å². The van der Waals surface area contributed by atoms with Gasteiger partial charge in [-0.3, -0.25) is 4.40 Å². The van der Waals surface area contributed by atoms with Crippen molar-refractivity contribution in [1.29, 1.82) is 0 Å². The van der Waals surface area contributed by atoms with E-state index in [1.165, 1.54) is 6.42 Å². The summed E-state index contributed by atoms with van der Waals surface area (Å²) in [4.78, 5) is 11.7. The van der Waals surface area contributed by atoms with E-state index in [0.717, 1.165) is 54.5 Å². The number of aromatic nitrogens is 3. The smallest absolute Gasteiger partial charge is 0.180 e. The van der Waals surface area contributed by atoms with E-state index in [9.17, 15) is 0 Å². The van der Waals surface area contributed by atoms with Crippen molar-refractivity contribution in [3.63, 3.8) is 0 Å². The first-order chi connectivity index (χ1) is 10.8. The van der Waals surface area contributed by atoms with Crippen molar-refractivity contribution >= 4 is 17.0 Å². The normalized spacial score (nSPS) is 15.0. The van der Waals surface area contributed by atoms with E-state index in [4.69, 9.17) is 4.98 Å². The fourth-order valence-corrected chi connectivity index (χ4v) is 2.65. The Hall–Kier alpha value is -2.30. The largest absolute Gasteiger partial charge is 0.390 e. The monoisotopic (exact) mass is 297 g/mol. The molecule has 5 heteroatoms. The van der Waals surface area contributed by atoms with Crippen LogP contribution in [0.15, 0.2) is 31.2 Å². The average Bonchev–Trinajstić information content (AvgIpc) is 2.95. The molecule has 1 fully saturated rings. The van der Waals surface area contributed by atoms with Gasteiger partial charge in [-0.25, -0.2) is 9.97 Å². The number of anilines is 1. The lowest BCUT2D eigenvalue weighted by Gasteiger charge is -2.32. The molecule has 5 nitrogen and oxygen atoms in total. The second-order valence-electron chi connectivity index (χ2n) is 5.59. The molecule has 1 N–H and O–H groups in total. The summed E-state index contributed by atoms with van der Waals surface area (Å²) in [5.74, 6) is 0.972. The molecule has 1 aliphatic heterocycles. The molecule has 0 spiro atoms. The Bertz CT molecular complexity index is 709. The van der Waals surface area contributed by atoms with Crippen LogP contribution in [-0.2, 0) is 0 Å². The number of allylic oxidation sites excluding steroid dienone is 2. The Balaban J connectivity index is 2.09. The highest BCUT2D eigenvalue weighted by molar-refractivity contribution is 5.76. The van der Waals surface area contributed by atoms with E-state index in [1.54, 1.807) is 0 Å². The van der Waals surface area contributed by atoms with Crippen LogP contribution in [0.25, 0.3) is 11.2 Å². The molecule has 0 aromatic carbocycles. The van der Waals surface area contributed by atoms with Gasteiger partial charge < -0.3 is 10.2 Å². The van der Waals surface area contributed by atoms with Crippen molar-refractivity contribution in [3.05, 3.63) is 42.6 Å². The Kier molecular flexibility index (Phi) is 4.13. The number of nitrogens with one attached hydrogen (secondary N) is 1. The molecule has 0 atom stereocenters. The summed E-state index contributed by atoms with van der Waals surface area (Å²) in [5, 5.41) is 3.32. The van der Waals surface area contributed by atoms with Gasteiger partial charge in [0.25, 0.3) is 0 Å². The average molecular weight is 297 g/mol. The van der Waals surface area contributed by atoms with E-state index in [-0.39, 0.29) is 0 Å². The summed E-state index contributed by atoms with van der Waals surface area (Å²) in [5.41, 5.74) is 4.00. The number of rotatable bonds is 6. The molecule has 0 saturated carbocycles. The van der Waals surface area contributed by atoms with E-state index >= 15 is 0 Å². The lowest BCUT2D eigenvalue weighted by molar-refractivity contribution is 0.609. The zero-order valence-electron chi connectivity index (χ0n) is 13.3. The third kappa shape index (κ3) is 2.47. The lowest BCUT2D eigenvalue weighted by Crippen LogP contribution is -2.38. The van der Waals surface area contributed by atoms with Gasteiger partial charge in [0, 0.05) is 49.5 Å². The molecule has 116 valence electrons. The van der Waals surface area contributed by atoms with Crippen molar-refractivity contribution in [2.45, 2.75) is 26.7 Å². The molecule has 1 aliphatic rings. The van der Waals surface area contributed by atoms with Crippen molar-refractivity contribution in [2.24, 2.45) is 0 Å². The van der Waals surface area contributed by atoms with Gasteiger partial charge in [0.05, 0.1) is 5.69 Å². The maximum absolute atomic E-state index is 4.91. The van der Waals surface area contributed by atoms with Crippen LogP contribution < -0.4 is 10.2 Å². The number of fused-ring (bicyclic) bond motifs is 1. The van der Waals surface area contributed by atoms with Gasteiger partial charge in [-0.05, 0) is 19.8 Å². The minimum atomic E-state index is 0.936. The number of aryl methyl sites for hydroxylation is 1. The van der Waals surface area contributed by atoms with Crippen LogP contribution in [0.3, 0.4) is 0 Å². The van der Waals surface area contributed by atoms with Crippen LogP contribution in [0.5, 0.6) is 0 Å². The predicted molar refractivity (Wildman–Crippen MR) is 91.0 cm³/mol. The zero-order chi connectivity index (χ0) is 15.5. The quantitative estimate of drug-likeness (QED) is 0.658. The number of imidazole rings is 1. The summed E-state index contributed by atoms with van der Waals surface area (Å²) in [7, 11) is 0. The lowest BCUT2D eigenvalue weighted by atomic mass is 10.1. The van der Waals surface area contributed by atoms with Crippen LogP contribution in [0, 0.1) is 6.92 Å². The minimum Gasteiger partial charge on any atom is -0.390 e. The van der Waals surface area contributed by atoms with Crippen LogP contribution in [0.4, 0.5) is 5.82 Å².